The molecular weight excluding hydrogens is 216 g/mol. The molecule has 0 atom stereocenters. The summed E-state index contributed by atoms with van der Waals surface area (Å²) in [6, 6.07) is 9.78. The zero-order valence-electron chi connectivity index (χ0n) is 9.39. The molecular formula is C13H14N2O2. The number of pyridine rings is 1. The van der Waals surface area contributed by atoms with Crippen LogP contribution in [0.2, 0.25) is 0 Å². The van der Waals surface area contributed by atoms with E-state index >= 15 is 0 Å². The first-order valence-electron chi connectivity index (χ1n) is 5.57. The monoisotopic (exact) mass is 230 g/mol. The molecule has 2 rings (SSSR count). The number of para-hydroxylation sites is 1. The Morgan fingerprint density at radius 3 is 2.94 bits per heavy atom. The highest BCUT2D eigenvalue weighted by Gasteiger charge is 2.01. The summed E-state index contributed by atoms with van der Waals surface area (Å²) in [6.07, 6.45) is 2.56. The molecule has 0 fully saturated rings. The van der Waals surface area contributed by atoms with Gasteiger partial charge in [0, 0.05) is 30.2 Å². The highest BCUT2D eigenvalue weighted by atomic mass is 16.4. The van der Waals surface area contributed by atoms with Crippen molar-refractivity contribution in [2.45, 2.75) is 12.8 Å². The summed E-state index contributed by atoms with van der Waals surface area (Å²) in [5.41, 5.74) is 1.94. The third-order valence-electron chi connectivity index (χ3n) is 2.53. The lowest BCUT2D eigenvalue weighted by Gasteiger charge is -2.08. The second-order valence-electron chi connectivity index (χ2n) is 3.80. The lowest BCUT2D eigenvalue weighted by Crippen LogP contribution is -2.05. The number of aromatic nitrogens is 1. The van der Waals surface area contributed by atoms with Crippen LogP contribution in [-0.4, -0.2) is 22.6 Å². The first kappa shape index (κ1) is 11.4. The fraction of sp³-hybridized carbons (Fsp3) is 0.231. The number of nitrogens with zero attached hydrogens (tertiary/aromatic N) is 1. The lowest BCUT2D eigenvalue weighted by molar-refractivity contribution is -0.137. The standard InChI is InChI=1S/C13H14N2O2/c16-13(17)6-3-8-14-12-7-9-15-11-5-2-1-4-10(11)12/h1-2,4-5,7,9H,3,6,8H2,(H,14,15)(H,16,17). The summed E-state index contributed by atoms with van der Waals surface area (Å²) >= 11 is 0. The first-order valence-corrected chi connectivity index (χ1v) is 5.57. The number of hydrogen-bond acceptors (Lipinski definition) is 3. The van der Waals surface area contributed by atoms with Crippen LogP contribution in [0.4, 0.5) is 5.69 Å². The van der Waals surface area contributed by atoms with Gasteiger partial charge in [0.25, 0.3) is 0 Å². The second-order valence-corrected chi connectivity index (χ2v) is 3.80. The molecule has 88 valence electrons. The molecule has 0 aliphatic rings. The van der Waals surface area contributed by atoms with Crippen LogP contribution in [0.1, 0.15) is 12.8 Å². The van der Waals surface area contributed by atoms with Gasteiger partial charge >= 0.3 is 5.97 Å². The van der Waals surface area contributed by atoms with Gasteiger partial charge in [-0.2, -0.15) is 0 Å². The Morgan fingerprint density at radius 2 is 2.12 bits per heavy atom. The van der Waals surface area contributed by atoms with E-state index in [0.29, 0.717) is 13.0 Å². The molecule has 0 aliphatic heterocycles. The maximum Gasteiger partial charge on any atom is 0.303 e. The molecule has 0 saturated heterocycles. The van der Waals surface area contributed by atoms with Crippen LogP contribution < -0.4 is 5.32 Å². The maximum absolute atomic E-state index is 10.4. The summed E-state index contributed by atoms with van der Waals surface area (Å²) in [5.74, 6) is -0.758. The van der Waals surface area contributed by atoms with Crippen LogP contribution in [0.25, 0.3) is 10.9 Å². The van der Waals surface area contributed by atoms with Gasteiger partial charge in [0.15, 0.2) is 0 Å². The largest absolute Gasteiger partial charge is 0.481 e. The summed E-state index contributed by atoms with van der Waals surface area (Å²) in [4.78, 5) is 14.6. The van der Waals surface area contributed by atoms with Gasteiger partial charge < -0.3 is 10.4 Å². The van der Waals surface area contributed by atoms with E-state index in [4.69, 9.17) is 5.11 Å². The van der Waals surface area contributed by atoms with Crippen molar-refractivity contribution in [2.24, 2.45) is 0 Å². The molecule has 2 N–H and O–H groups in total. The molecule has 1 aromatic heterocycles. The van der Waals surface area contributed by atoms with Crippen molar-refractivity contribution in [3.8, 4) is 0 Å². The number of carboxylic acids is 1. The smallest absolute Gasteiger partial charge is 0.303 e. The summed E-state index contributed by atoms with van der Waals surface area (Å²) in [5, 5.41) is 12.8. The van der Waals surface area contributed by atoms with Crippen LogP contribution in [-0.2, 0) is 4.79 Å². The highest BCUT2D eigenvalue weighted by molar-refractivity contribution is 5.90. The number of hydrogen-bond donors (Lipinski definition) is 2. The molecule has 1 aromatic carbocycles. The number of anilines is 1. The minimum atomic E-state index is -0.758. The molecule has 4 nitrogen and oxygen atoms in total. The van der Waals surface area contributed by atoms with E-state index in [0.717, 1.165) is 16.6 Å². The Kier molecular flexibility index (Phi) is 3.55. The van der Waals surface area contributed by atoms with Gasteiger partial charge in [-0.25, -0.2) is 0 Å². The van der Waals surface area contributed by atoms with E-state index < -0.39 is 5.97 Å². The molecule has 0 bridgehead atoms. The van der Waals surface area contributed by atoms with E-state index in [1.54, 1.807) is 6.20 Å². The molecule has 0 saturated carbocycles. The zero-order chi connectivity index (χ0) is 12.1. The number of carbonyl (C=O) groups is 1. The predicted molar refractivity (Wildman–Crippen MR) is 67.1 cm³/mol. The van der Waals surface area contributed by atoms with Crippen molar-refractivity contribution in [1.82, 2.24) is 4.98 Å². The Hall–Kier alpha value is -2.10. The van der Waals surface area contributed by atoms with Gasteiger partial charge in [0.1, 0.15) is 0 Å². The Morgan fingerprint density at radius 1 is 1.29 bits per heavy atom. The lowest BCUT2D eigenvalue weighted by atomic mass is 10.2. The van der Waals surface area contributed by atoms with Crippen LogP contribution in [0.3, 0.4) is 0 Å². The van der Waals surface area contributed by atoms with Crippen LogP contribution >= 0.6 is 0 Å². The maximum atomic E-state index is 10.4. The van der Waals surface area contributed by atoms with Crippen molar-refractivity contribution in [3.05, 3.63) is 36.5 Å². The molecule has 2 aromatic rings. The zero-order valence-corrected chi connectivity index (χ0v) is 9.39. The fourth-order valence-electron chi connectivity index (χ4n) is 1.71. The first-order chi connectivity index (χ1) is 8.27. The van der Waals surface area contributed by atoms with E-state index in [-0.39, 0.29) is 6.42 Å². The van der Waals surface area contributed by atoms with Crippen molar-refractivity contribution >= 4 is 22.6 Å². The van der Waals surface area contributed by atoms with Gasteiger partial charge in [-0.15, -0.1) is 0 Å². The molecule has 4 heteroatoms. The van der Waals surface area contributed by atoms with Crippen molar-refractivity contribution in [1.29, 1.82) is 0 Å². The van der Waals surface area contributed by atoms with Crippen LogP contribution in [0, 0.1) is 0 Å². The van der Waals surface area contributed by atoms with E-state index in [9.17, 15) is 4.79 Å². The highest BCUT2D eigenvalue weighted by Crippen LogP contribution is 2.20. The molecule has 0 unspecified atom stereocenters. The minimum Gasteiger partial charge on any atom is -0.481 e. The molecule has 0 amide bonds. The molecule has 0 radical (unpaired) electrons. The number of nitrogens with one attached hydrogen (secondary N) is 1. The van der Waals surface area contributed by atoms with Crippen molar-refractivity contribution in [3.63, 3.8) is 0 Å². The Bertz CT molecular complexity index is 520. The fourth-order valence-corrected chi connectivity index (χ4v) is 1.71. The van der Waals surface area contributed by atoms with Crippen molar-refractivity contribution in [2.75, 3.05) is 11.9 Å². The Labute approximate surface area is 99.3 Å². The summed E-state index contributed by atoms with van der Waals surface area (Å²) in [7, 11) is 0. The average Bonchev–Trinajstić information content (AvgIpc) is 2.34. The van der Waals surface area contributed by atoms with Gasteiger partial charge in [0.2, 0.25) is 0 Å². The normalized spacial score (nSPS) is 10.4. The van der Waals surface area contributed by atoms with Crippen LogP contribution in [0.5, 0.6) is 0 Å². The van der Waals surface area contributed by atoms with E-state index in [1.807, 2.05) is 30.3 Å². The summed E-state index contributed by atoms with van der Waals surface area (Å²) in [6.45, 7) is 0.653. The quantitative estimate of drug-likeness (QED) is 0.775. The predicted octanol–water partition coefficient (Wildman–Crippen LogP) is 2.51. The number of fused-ring (bicyclic) bond motifs is 1. The number of rotatable bonds is 5. The number of carboxylic acid groups (broad SMARTS) is 1. The van der Waals surface area contributed by atoms with E-state index in [2.05, 4.69) is 10.3 Å². The minimum absolute atomic E-state index is 0.190. The topological polar surface area (TPSA) is 62.2 Å². The van der Waals surface area contributed by atoms with Gasteiger partial charge in [-0.3, -0.25) is 9.78 Å². The van der Waals surface area contributed by atoms with Crippen LogP contribution in [0.15, 0.2) is 36.5 Å². The molecule has 1 heterocycles. The van der Waals surface area contributed by atoms with E-state index in [1.165, 1.54) is 0 Å². The third kappa shape index (κ3) is 2.93. The third-order valence-corrected chi connectivity index (χ3v) is 2.53. The molecule has 0 spiro atoms. The number of aliphatic carboxylic acids is 1. The SMILES string of the molecule is O=C(O)CCCNc1ccnc2ccccc12. The van der Waals surface area contributed by atoms with Crippen molar-refractivity contribution < 1.29 is 9.90 Å². The molecule has 17 heavy (non-hydrogen) atoms. The number of benzene rings is 1. The summed E-state index contributed by atoms with van der Waals surface area (Å²) < 4.78 is 0. The average molecular weight is 230 g/mol. The Balaban J connectivity index is 2.05. The van der Waals surface area contributed by atoms with Gasteiger partial charge in [0.05, 0.1) is 5.52 Å². The second kappa shape index (κ2) is 5.30. The van der Waals surface area contributed by atoms with Gasteiger partial charge in [-0.1, -0.05) is 18.2 Å². The molecule has 0 aliphatic carbocycles. The van der Waals surface area contributed by atoms with Gasteiger partial charge in [-0.05, 0) is 18.6 Å².